The number of piperidine rings is 1. The molecular weight excluding hydrogens is 283 g/mol. The van der Waals surface area contributed by atoms with Crippen LogP contribution in [0, 0.1) is 11.2 Å². The van der Waals surface area contributed by atoms with Crippen molar-refractivity contribution in [1.82, 2.24) is 10.6 Å². The molecule has 1 aromatic carbocycles. The summed E-state index contributed by atoms with van der Waals surface area (Å²) in [6, 6.07) is 4.61. The average molecular weight is 304 g/mol. The first kappa shape index (κ1) is 15.0. The molecule has 1 aliphatic heterocycles. The molecule has 2 N–H and O–H groups in total. The number of aryl methyl sites for hydroxylation is 1. The molecule has 0 aromatic heterocycles. The van der Waals surface area contributed by atoms with Gasteiger partial charge in [0.1, 0.15) is 5.82 Å². The van der Waals surface area contributed by atoms with Gasteiger partial charge in [-0.1, -0.05) is 19.9 Å². The second-order valence-corrected chi connectivity index (χ2v) is 6.82. The van der Waals surface area contributed by atoms with E-state index in [1.807, 2.05) is 13.8 Å². The molecule has 2 bridgehead atoms. The van der Waals surface area contributed by atoms with E-state index >= 15 is 0 Å². The molecule has 5 heteroatoms. The molecule has 0 radical (unpaired) electrons. The molecule has 0 spiro atoms. The maximum absolute atomic E-state index is 13.8. The molecule has 2 fully saturated rings. The van der Waals surface area contributed by atoms with Gasteiger partial charge in [0.2, 0.25) is 5.91 Å². The predicted octanol–water partition coefficient (Wildman–Crippen LogP) is 2.18. The van der Waals surface area contributed by atoms with Crippen molar-refractivity contribution in [3.05, 3.63) is 35.1 Å². The zero-order valence-electron chi connectivity index (χ0n) is 13.0. The van der Waals surface area contributed by atoms with Gasteiger partial charge < -0.3 is 10.6 Å². The molecule has 2 unspecified atom stereocenters. The normalized spacial score (nSPS) is 29.5. The van der Waals surface area contributed by atoms with Crippen LogP contribution in [-0.2, 0) is 11.2 Å². The number of amides is 2. The first-order chi connectivity index (χ1) is 10.4. The SMILES string of the molecule is CCc1ccc(F)c(C(=O)NCC23CCC(C)(C2)C(=O)N3)c1. The molecule has 1 saturated heterocycles. The van der Waals surface area contributed by atoms with Gasteiger partial charge >= 0.3 is 0 Å². The van der Waals surface area contributed by atoms with E-state index in [4.69, 9.17) is 0 Å². The van der Waals surface area contributed by atoms with Crippen molar-refractivity contribution in [3.8, 4) is 0 Å². The van der Waals surface area contributed by atoms with Crippen molar-refractivity contribution in [3.63, 3.8) is 0 Å². The van der Waals surface area contributed by atoms with Gasteiger partial charge in [0, 0.05) is 12.0 Å². The van der Waals surface area contributed by atoms with Crippen LogP contribution >= 0.6 is 0 Å². The van der Waals surface area contributed by atoms with Crippen LogP contribution in [0.4, 0.5) is 4.39 Å². The van der Waals surface area contributed by atoms with Crippen LogP contribution in [0.25, 0.3) is 0 Å². The van der Waals surface area contributed by atoms with Gasteiger partial charge in [-0.25, -0.2) is 4.39 Å². The third kappa shape index (κ3) is 2.38. The van der Waals surface area contributed by atoms with Gasteiger partial charge in [0.25, 0.3) is 5.91 Å². The smallest absolute Gasteiger partial charge is 0.254 e. The largest absolute Gasteiger partial charge is 0.350 e. The number of halogens is 1. The first-order valence-electron chi connectivity index (χ1n) is 7.77. The Bertz CT molecular complexity index is 646. The first-order valence-corrected chi connectivity index (χ1v) is 7.77. The fourth-order valence-electron chi connectivity index (χ4n) is 3.64. The molecule has 1 aliphatic carbocycles. The summed E-state index contributed by atoms with van der Waals surface area (Å²) in [4.78, 5) is 24.2. The summed E-state index contributed by atoms with van der Waals surface area (Å²) in [5, 5.41) is 5.80. The second kappa shape index (κ2) is 5.07. The van der Waals surface area contributed by atoms with Crippen LogP contribution in [0.3, 0.4) is 0 Å². The number of hydrogen-bond donors (Lipinski definition) is 2. The minimum absolute atomic E-state index is 0.0622. The number of hydrogen-bond acceptors (Lipinski definition) is 2. The maximum Gasteiger partial charge on any atom is 0.254 e. The summed E-state index contributed by atoms with van der Waals surface area (Å²) in [5.41, 5.74) is 0.325. The molecule has 2 amide bonds. The van der Waals surface area contributed by atoms with Crippen molar-refractivity contribution < 1.29 is 14.0 Å². The zero-order valence-corrected chi connectivity index (χ0v) is 13.0. The molecule has 2 aliphatic rings. The lowest BCUT2D eigenvalue weighted by molar-refractivity contribution is -0.128. The van der Waals surface area contributed by atoms with Gasteiger partial charge in [-0.2, -0.15) is 0 Å². The van der Waals surface area contributed by atoms with Gasteiger partial charge in [-0.3, -0.25) is 9.59 Å². The lowest BCUT2D eigenvalue weighted by Gasteiger charge is -2.28. The number of fused-ring (bicyclic) bond motifs is 2. The Morgan fingerprint density at radius 3 is 2.77 bits per heavy atom. The summed E-state index contributed by atoms with van der Waals surface area (Å²) in [6.45, 7) is 4.27. The summed E-state index contributed by atoms with van der Waals surface area (Å²) in [6.07, 6.45) is 3.18. The third-order valence-corrected chi connectivity index (χ3v) is 5.08. The van der Waals surface area contributed by atoms with Crippen LogP contribution in [0.5, 0.6) is 0 Å². The van der Waals surface area contributed by atoms with Crippen LogP contribution in [0.2, 0.25) is 0 Å². The van der Waals surface area contributed by atoms with E-state index in [-0.39, 0.29) is 22.4 Å². The van der Waals surface area contributed by atoms with Crippen LogP contribution in [0.15, 0.2) is 18.2 Å². The van der Waals surface area contributed by atoms with E-state index in [1.165, 1.54) is 6.07 Å². The highest BCUT2D eigenvalue weighted by Gasteiger charge is 2.57. The summed E-state index contributed by atoms with van der Waals surface area (Å²) in [7, 11) is 0. The van der Waals surface area contributed by atoms with Gasteiger partial charge in [0.15, 0.2) is 0 Å². The molecule has 4 nitrogen and oxygen atoms in total. The Hall–Kier alpha value is -1.91. The van der Waals surface area contributed by atoms with E-state index in [9.17, 15) is 14.0 Å². The third-order valence-electron chi connectivity index (χ3n) is 5.08. The summed E-state index contributed by atoms with van der Waals surface area (Å²) < 4.78 is 13.8. The number of rotatable bonds is 4. The minimum atomic E-state index is -0.515. The Morgan fingerprint density at radius 2 is 2.18 bits per heavy atom. The quantitative estimate of drug-likeness (QED) is 0.896. The topological polar surface area (TPSA) is 58.2 Å². The van der Waals surface area contributed by atoms with E-state index < -0.39 is 11.7 Å². The zero-order chi connectivity index (χ0) is 16.0. The molecule has 1 heterocycles. The fourth-order valence-corrected chi connectivity index (χ4v) is 3.64. The second-order valence-electron chi connectivity index (χ2n) is 6.82. The number of benzene rings is 1. The van der Waals surface area contributed by atoms with E-state index in [0.717, 1.165) is 31.2 Å². The van der Waals surface area contributed by atoms with Gasteiger partial charge in [0.05, 0.1) is 11.1 Å². The lowest BCUT2D eigenvalue weighted by atomic mass is 9.89. The molecular formula is C17H21FN2O2. The Balaban J connectivity index is 1.70. The maximum atomic E-state index is 13.8. The molecule has 22 heavy (non-hydrogen) atoms. The molecule has 1 saturated carbocycles. The highest BCUT2D eigenvalue weighted by Crippen LogP contribution is 2.49. The van der Waals surface area contributed by atoms with Crippen molar-refractivity contribution in [2.24, 2.45) is 5.41 Å². The van der Waals surface area contributed by atoms with Crippen molar-refractivity contribution >= 4 is 11.8 Å². The monoisotopic (exact) mass is 304 g/mol. The Morgan fingerprint density at radius 1 is 1.41 bits per heavy atom. The van der Waals surface area contributed by atoms with Crippen molar-refractivity contribution in [1.29, 1.82) is 0 Å². The highest BCUT2D eigenvalue weighted by atomic mass is 19.1. The van der Waals surface area contributed by atoms with Crippen LogP contribution in [0.1, 0.15) is 49.0 Å². The molecule has 2 atom stereocenters. The van der Waals surface area contributed by atoms with E-state index in [2.05, 4.69) is 10.6 Å². The average Bonchev–Trinajstić information content (AvgIpc) is 2.96. The van der Waals surface area contributed by atoms with E-state index in [1.54, 1.807) is 12.1 Å². The summed E-state index contributed by atoms with van der Waals surface area (Å²) >= 11 is 0. The summed E-state index contributed by atoms with van der Waals surface area (Å²) in [5.74, 6) is -0.872. The minimum Gasteiger partial charge on any atom is -0.350 e. The van der Waals surface area contributed by atoms with Crippen LogP contribution < -0.4 is 10.6 Å². The van der Waals surface area contributed by atoms with Crippen molar-refractivity contribution in [2.45, 2.75) is 45.1 Å². The Kier molecular flexibility index (Phi) is 3.46. The Labute approximate surface area is 129 Å². The fraction of sp³-hybridized carbons (Fsp3) is 0.529. The standard InChI is InChI=1S/C17H21FN2O2/c1-3-11-4-5-13(18)12(8-11)14(21)19-10-17-7-6-16(2,9-17)15(22)20-17/h4-5,8H,3,6-7,9-10H2,1-2H3,(H,19,21)(H,20,22). The number of nitrogens with one attached hydrogen (secondary N) is 2. The molecule has 118 valence electrons. The van der Waals surface area contributed by atoms with Gasteiger partial charge in [-0.05, 0) is 43.4 Å². The van der Waals surface area contributed by atoms with E-state index in [0.29, 0.717) is 6.54 Å². The van der Waals surface area contributed by atoms with Gasteiger partial charge in [-0.15, -0.1) is 0 Å². The predicted molar refractivity (Wildman–Crippen MR) is 80.9 cm³/mol. The molecule has 1 aromatic rings. The highest BCUT2D eigenvalue weighted by molar-refractivity contribution is 5.95. The van der Waals surface area contributed by atoms with Crippen LogP contribution in [-0.4, -0.2) is 23.9 Å². The van der Waals surface area contributed by atoms with Crippen molar-refractivity contribution in [2.75, 3.05) is 6.54 Å². The lowest BCUT2D eigenvalue weighted by Crippen LogP contribution is -2.51. The molecule has 3 rings (SSSR count). The number of carbonyl (C=O) groups excluding carboxylic acids is 2. The number of carbonyl (C=O) groups is 2.